The molecule has 1 saturated heterocycles. The van der Waals surface area contributed by atoms with Crippen molar-refractivity contribution in [3.63, 3.8) is 0 Å². The number of rotatable bonds is 3. The Morgan fingerprint density at radius 2 is 1.89 bits per heavy atom. The molecule has 150 valence electrons. The zero-order valence-electron chi connectivity index (χ0n) is 17.0. The van der Waals surface area contributed by atoms with Gasteiger partial charge in [-0.15, -0.1) is 0 Å². The third kappa shape index (κ3) is 4.85. The Balaban J connectivity index is 1.61. The second-order valence-electron chi connectivity index (χ2n) is 8.20. The molecule has 0 unspecified atom stereocenters. The number of esters is 1. The highest BCUT2D eigenvalue weighted by atomic mass is 32.2. The molecule has 0 aliphatic carbocycles. The van der Waals surface area contributed by atoms with Crippen LogP contribution in [-0.2, 0) is 19.7 Å². The van der Waals surface area contributed by atoms with Crippen LogP contribution >= 0.6 is 11.8 Å². The van der Waals surface area contributed by atoms with Crippen LogP contribution in [0, 0.1) is 5.92 Å². The predicted octanol–water partition coefficient (Wildman–Crippen LogP) is 4.23. The molecule has 0 saturated carbocycles. The van der Waals surface area contributed by atoms with Crippen LogP contribution in [0.25, 0.3) is 6.08 Å². The number of amidine groups is 1. The lowest BCUT2D eigenvalue weighted by atomic mass is 9.87. The molecule has 2 heterocycles. The number of ether oxygens (including phenoxy) is 1. The van der Waals surface area contributed by atoms with Crippen molar-refractivity contribution in [3.05, 3.63) is 40.3 Å². The quantitative estimate of drug-likeness (QED) is 0.561. The lowest BCUT2D eigenvalue weighted by molar-refractivity contribution is -0.149. The first-order chi connectivity index (χ1) is 13.3. The van der Waals surface area contributed by atoms with Gasteiger partial charge in [0.25, 0.3) is 5.91 Å². The predicted molar refractivity (Wildman–Crippen MR) is 114 cm³/mol. The molecule has 0 bridgehead atoms. The molecule has 0 radical (unpaired) electrons. The smallest absolute Gasteiger partial charge is 0.309 e. The van der Waals surface area contributed by atoms with Crippen molar-refractivity contribution in [1.29, 1.82) is 0 Å². The van der Waals surface area contributed by atoms with Crippen molar-refractivity contribution >= 4 is 34.9 Å². The van der Waals surface area contributed by atoms with E-state index in [1.165, 1.54) is 17.3 Å². The first-order valence-electron chi connectivity index (χ1n) is 9.82. The summed E-state index contributed by atoms with van der Waals surface area (Å²) in [5.74, 6) is -0.346. The summed E-state index contributed by atoms with van der Waals surface area (Å²) in [7, 11) is 0. The van der Waals surface area contributed by atoms with Crippen LogP contribution in [0.3, 0.4) is 0 Å². The van der Waals surface area contributed by atoms with Crippen LogP contribution in [-0.4, -0.2) is 41.6 Å². The van der Waals surface area contributed by atoms with Gasteiger partial charge in [0, 0.05) is 13.1 Å². The van der Waals surface area contributed by atoms with Gasteiger partial charge >= 0.3 is 5.97 Å². The standard InChI is InChI=1S/C22H28N2O3S/c1-5-27-20(26)16-10-12-24(13-11-16)21-23-19(25)18(28-21)14-15-6-8-17(9-7-15)22(2,3)4/h6-9,14,16H,5,10-13H2,1-4H3. The van der Waals surface area contributed by atoms with Crippen molar-refractivity contribution in [1.82, 2.24) is 4.90 Å². The van der Waals surface area contributed by atoms with Crippen LogP contribution < -0.4 is 0 Å². The molecule has 3 rings (SSSR count). The summed E-state index contributed by atoms with van der Waals surface area (Å²) >= 11 is 1.42. The first kappa shape index (κ1) is 20.6. The van der Waals surface area contributed by atoms with Crippen LogP contribution in [0.2, 0.25) is 0 Å². The molecule has 6 heteroatoms. The summed E-state index contributed by atoms with van der Waals surface area (Å²) in [5, 5.41) is 0.741. The molecule has 1 aromatic rings. The largest absolute Gasteiger partial charge is 0.466 e. The zero-order valence-corrected chi connectivity index (χ0v) is 17.8. The zero-order chi connectivity index (χ0) is 20.3. The Kier molecular flexibility index (Phi) is 6.28. The molecule has 28 heavy (non-hydrogen) atoms. The normalized spacial score (nSPS) is 19.9. The van der Waals surface area contributed by atoms with E-state index in [2.05, 4.69) is 42.8 Å². The Hall–Kier alpha value is -2.08. The number of likely N-dealkylation sites (tertiary alicyclic amines) is 1. The summed E-state index contributed by atoms with van der Waals surface area (Å²) in [5.41, 5.74) is 2.37. The number of carbonyl (C=O) groups excluding carboxylic acids is 2. The number of amides is 1. The van der Waals surface area contributed by atoms with Crippen LogP contribution in [0.15, 0.2) is 34.2 Å². The summed E-state index contributed by atoms with van der Waals surface area (Å²) in [4.78, 5) is 31.2. The average Bonchev–Trinajstić information content (AvgIpc) is 3.02. The van der Waals surface area contributed by atoms with E-state index in [9.17, 15) is 9.59 Å². The molecule has 5 nitrogen and oxygen atoms in total. The van der Waals surface area contributed by atoms with E-state index >= 15 is 0 Å². The fourth-order valence-electron chi connectivity index (χ4n) is 3.33. The van der Waals surface area contributed by atoms with Gasteiger partial charge in [-0.05, 0) is 54.1 Å². The molecule has 2 aliphatic heterocycles. The van der Waals surface area contributed by atoms with Gasteiger partial charge in [-0.25, -0.2) is 0 Å². The minimum atomic E-state index is -0.188. The van der Waals surface area contributed by atoms with Gasteiger partial charge < -0.3 is 9.64 Å². The summed E-state index contributed by atoms with van der Waals surface area (Å²) < 4.78 is 5.12. The van der Waals surface area contributed by atoms with Gasteiger partial charge in [0.15, 0.2) is 5.17 Å². The van der Waals surface area contributed by atoms with Gasteiger partial charge in [0.2, 0.25) is 0 Å². The summed E-state index contributed by atoms with van der Waals surface area (Å²) in [6.07, 6.45) is 3.38. The topological polar surface area (TPSA) is 59.0 Å². The molecular weight excluding hydrogens is 372 g/mol. The number of hydrogen-bond acceptors (Lipinski definition) is 5. The van der Waals surface area contributed by atoms with E-state index in [4.69, 9.17) is 4.74 Å². The van der Waals surface area contributed by atoms with Crippen molar-refractivity contribution in [2.24, 2.45) is 10.9 Å². The van der Waals surface area contributed by atoms with E-state index in [0.29, 0.717) is 11.5 Å². The third-order valence-electron chi connectivity index (χ3n) is 5.07. The average molecular weight is 401 g/mol. The fraction of sp³-hybridized carbons (Fsp3) is 0.500. The maximum absolute atomic E-state index is 12.3. The highest BCUT2D eigenvalue weighted by molar-refractivity contribution is 8.18. The summed E-state index contributed by atoms with van der Waals surface area (Å²) in [6, 6.07) is 8.31. The number of thioether (sulfide) groups is 1. The Morgan fingerprint density at radius 3 is 2.46 bits per heavy atom. The van der Waals surface area contributed by atoms with Crippen molar-refractivity contribution in [2.75, 3.05) is 19.7 Å². The SMILES string of the molecule is CCOC(=O)C1CCN(C2=NC(=O)C(=Cc3ccc(C(C)(C)C)cc3)S2)CC1. The highest BCUT2D eigenvalue weighted by Gasteiger charge is 2.31. The van der Waals surface area contributed by atoms with Gasteiger partial charge in [-0.1, -0.05) is 45.0 Å². The summed E-state index contributed by atoms with van der Waals surface area (Å²) in [6.45, 7) is 10.2. The Morgan fingerprint density at radius 1 is 1.25 bits per heavy atom. The molecule has 0 aromatic heterocycles. The van der Waals surface area contributed by atoms with Gasteiger partial charge in [0.05, 0.1) is 17.4 Å². The van der Waals surface area contributed by atoms with E-state index in [1.54, 1.807) is 0 Å². The molecule has 1 fully saturated rings. The lowest BCUT2D eigenvalue weighted by Gasteiger charge is -2.31. The number of hydrogen-bond donors (Lipinski definition) is 0. The molecule has 1 aromatic carbocycles. The molecule has 0 N–H and O–H groups in total. The molecule has 0 spiro atoms. The van der Waals surface area contributed by atoms with Gasteiger partial charge in [-0.3, -0.25) is 9.59 Å². The lowest BCUT2D eigenvalue weighted by Crippen LogP contribution is -2.39. The van der Waals surface area contributed by atoms with Crippen molar-refractivity contribution in [2.45, 2.75) is 46.0 Å². The second-order valence-corrected chi connectivity index (χ2v) is 9.20. The van der Waals surface area contributed by atoms with Crippen LogP contribution in [0.4, 0.5) is 0 Å². The van der Waals surface area contributed by atoms with Crippen molar-refractivity contribution in [3.8, 4) is 0 Å². The highest BCUT2D eigenvalue weighted by Crippen LogP contribution is 2.32. The first-order valence-corrected chi connectivity index (χ1v) is 10.6. The van der Waals surface area contributed by atoms with E-state index in [0.717, 1.165) is 36.7 Å². The van der Waals surface area contributed by atoms with E-state index in [-0.39, 0.29) is 23.2 Å². The van der Waals surface area contributed by atoms with Gasteiger partial charge in [-0.2, -0.15) is 4.99 Å². The maximum atomic E-state index is 12.3. The van der Waals surface area contributed by atoms with Crippen LogP contribution in [0.1, 0.15) is 51.7 Å². The monoisotopic (exact) mass is 400 g/mol. The number of carbonyl (C=O) groups is 2. The third-order valence-corrected chi connectivity index (χ3v) is 6.11. The fourth-order valence-corrected chi connectivity index (χ4v) is 4.30. The number of piperidine rings is 1. The van der Waals surface area contributed by atoms with Crippen LogP contribution in [0.5, 0.6) is 0 Å². The molecule has 1 amide bonds. The second kappa shape index (κ2) is 8.52. The Labute approximate surface area is 171 Å². The number of benzene rings is 1. The molecule has 2 aliphatic rings. The Bertz CT molecular complexity index is 798. The number of aliphatic imine (C=N–C) groups is 1. The minimum Gasteiger partial charge on any atom is -0.466 e. The maximum Gasteiger partial charge on any atom is 0.309 e. The van der Waals surface area contributed by atoms with E-state index < -0.39 is 0 Å². The van der Waals surface area contributed by atoms with E-state index in [1.807, 2.05) is 25.1 Å². The number of nitrogens with zero attached hydrogens (tertiary/aromatic N) is 2. The van der Waals surface area contributed by atoms with Crippen molar-refractivity contribution < 1.29 is 14.3 Å². The van der Waals surface area contributed by atoms with Gasteiger partial charge in [0.1, 0.15) is 0 Å². The minimum absolute atomic E-state index is 0.0461. The molecule has 0 atom stereocenters. The molecular formula is C22H28N2O3S.